The molecule has 0 saturated carbocycles. The van der Waals surface area contributed by atoms with Crippen LogP contribution >= 0.6 is 0 Å². The first-order valence-corrected chi connectivity index (χ1v) is 2.92. The van der Waals surface area contributed by atoms with E-state index in [9.17, 15) is 10.1 Å². The number of hydrogen-bond acceptors (Lipinski definition) is 4. The van der Waals surface area contributed by atoms with Crippen molar-refractivity contribution in [2.24, 2.45) is 0 Å². The fourth-order valence-corrected chi connectivity index (χ4v) is 0.666. The SMILES string of the molecule is [C-]#[N+]c1cc(N)c([N+](=O)[O-])cn1. The Balaban J connectivity index is 3.23. The molecule has 6 heteroatoms. The second kappa shape index (κ2) is 2.84. The van der Waals surface area contributed by atoms with Crippen LogP contribution in [-0.2, 0) is 0 Å². The van der Waals surface area contributed by atoms with Crippen LogP contribution in [0.4, 0.5) is 17.2 Å². The molecule has 6 nitrogen and oxygen atoms in total. The first kappa shape index (κ1) is 7.94. The summed E-state index contributed by atoms with van der Waals surface area (Å²) < 4.78 is 0. The van der Waals surface area contributed by atoms with Crippen LogP contribution in [0.3, 0.4) is 0 Å². The van der Waals surface area contributed by atoms with E-state index in [1.807, 2.05) is 0 Å². The van der Waals surface area contributed by atoms with E-state index in [4.69, 9.17) is 12.3 Å². The largest absolute Gasteiger partial charge is 0.394 e. The molecular formula is C6H4N4O2. The molecule has 0 aliphatic heterocycles. The molecule has 0 aliphatic rings. The molecule has 60 valence electrons. The fourth-order valence-electron chi connectivity index (χ4n) is 0.666. The Morgan fingerprint density at radius 1 is 1.75 bits per heavy atom. The van der Waals surface area contributed by atoms with E-state index >= 15 is 0 Å². The van der Waals surface area contributed by atoms with Gasteiger partial charge < -0.3 is 10.6 Å². The van der Waals surface area contributed by atoms with Crippen LogP contribution in [-0.4, -0.2) is 9.91 Å². The van der Waals surface area contributed by atoms with E-state index in [1.54, 1.807) is 0 Å². The molecule has 0 saturated heterocycles. The molecule has 1 heterocycles. The minimum atomic E-state index is -0.643. The minimum Gasteiger partial charge on any atom is -0.394 e. The standard InChI is InChI=1S/C6H4N4O2/c1-8-6-2-4(7)5(3-9-6)10(11)12/h2-3H,(H2,7,9). The quantitative estimate of drug-likeness (QED) is 0.382. The highest BCUT2D eigenvalue weighted by Crippen LogP contribution is 2.23. The summed E-state index contributed by atoms with van der Waals surface area (Å²) >= 11 is 0. The van der Waals surface area contributed by atoms with Gasteiger partial charge in [-0.05, 0) is 6.07 Å². The molecule has 2 N–H and O–H groups in total. The van der Waals surface area contributed by atoms with Crippen LogP contribution in [0.2, 0.25) is 0 Å². The third-order valence-electron chi connectivity index (χ3n) is 1.21. The van der Waals surface area contributed by atoms with Crippen LogP contribution in [0, 0.1) is 16.7 Å². The number of anilines is 1. The van der Waals surface area contributed by atoms with Gasteiger partial charge in [0.1, 0.15) is 5.69 Å². The predicted octanol–water partition coefficient (Wildman–Crippen LogP) is 1.12. The second-order valence-electron chi connectivity index (χ2n) is 1.97. The molecule has 0 aromatic carbocycles. The van der Waals surface area contributed by atoms with Gasteiger partial charge in [0.2, 0.25) is 0 Å². The van der Waals surface area contributed by atoms with E-state index in [-0.39, 0.29) is 17.2 Å². The normalized spacial score (nSPS) is 8.92. The third kappa shape index (κ3) is 1.29. The third-order valence-corrected chi connectivity index (χ3v) is 1.21. The number of nitrogens with zero attached hydrogens (tertiary/aromatic N) is 3. The summed E-state index contributed by atoms with van der Waals surface area (Å²) in [5, 5.41) is 10.2. The molecule has 0 bridgehead atoms. The van der Waals surface area contributed by atoms with Gasteiger partial charge in [0.05, 0.1) is 4.92 Å². The minimum absolute atomic E-state index is 0.0407. The molecule has 1 rings (SSSR count). The molecular weight excluding hydrogens is 160 g/mol. The zero-order chi connectivity index (χ0) is 9.14. The van der Waals surface area contributed by atoms with Crippen molar-refractivity contribution in [3.63, 3.8) is 0 Å². The van der Waals surface area contributed by atoms with Gasteiger partial charge in [0.15, 0.2) is 6.20 Å². The van der Waals surface area contributed by atoms with Crippen molar-refractivity contribution in [1.82, 2.24) is 4.98 Å². The van der Waals surface area contributed by atoms with Crippen molar-refractivity contribution in [2.75, 3.05) is 5.73 Å². The Bertz CT molecular complexity index is 368. The van der Waals surface area contributed by atoms with Crippen molar-refractivity contribution in [3.05, 3.63) is 33.8 Å². The van der Waals surface area contributed by atoms with E-state index in [1.165, 1.54) is 6.07 Å². The summed E-state index contributed by atoms with van der Waals surface area (Å²) in [6, 6.07) is 1.17. The predicted molar refractivity (Wildman–Crippen MR) is 41.6 cm³/mol. The molecule has 0 amide bonds. The highest BCUT2D eigenvalue weighted by atomic mass is 16.6. The summed E-state index contributed by atoms with van der Waals surface area (Å²) in [6.07, 6.45) is 0.975. The summed E-state index contributed by atoms with van der Waals surface area (Å²) in [7, 11) is 0. The first-order valence-electron chi connectivity index (χ1n) is 2.92. The lowest BCUT2D eigenvalue weighted by atomic mass is 10.3. The summed E-state index contributed by atoms with van der Waals surface area (Å²) in [5.41, 5.74) is 4.96. The monoisotopic (exact) mass is 164 g/mol. The van der Waals surface area contributed by atoms with Crippen molar-refractivity contribution in [2.45, 2.75) is 0 Å². The lowest BCUT2D eigenvalue weighted by molar-refractivity contribution is -0.384. The van der Waals surface area contributed by atoms with Crippen LogP contribution < -0.4 is 5.73 Å². The van der Waals surface area contributed by atoms with E-state index < -0.39 is 4.92 Å². The van der Waals surface area contributed by atoms with Gasteiger partial charge in [-0.25, -0.2) is 0 Å². The number of hydrogen-bond donors (Lipinski definition) is 1. The zero-order valence-corrected chi connectivity index (χ0v) is 5.89. The summed E-state index contributed by atoms with van der Waals surface area (Å²) in [4.78, 5) is 16.1. The Morgan fingerprint density at radius 3 is 2.83 bits per heavy atom. The van der Waals surface area contributed by atoms with Crippen LogP contribution in [0.25, 0.3) is 4.85 Å². The van der Waals surface area contributed by atoms with Crippen LogP contribution in [0.15, 0.2) is 12.3 Å². The van der Waals surface area contributed by atoms with E-state index in [0.717, 1.165) is 6.20 Å². The topological polar surface area (TPSA) is 86.4 Å². The highest BCUT2D eigenvalue weighted by Gasteiger charge is 2.13. The van der Waals surface area contributed by atoms with Crippen LogP contribution in [0.5, 0.6) is 0 Å². The molecule has 0 fully saturated rings. The van der Waals surface area contributed by atoms with Gasteiger partial charge in [-0.3, -0.25) is 10.1 Å². The van der Waals surface area contributed by atoms with Crippen molar-refractivity contribution >= 4 is 17.2 Å². The van der Waals surface area contributed by atoms with Crippen molar-refractivity contribution in [1.29, 1.82) is 0 Å². The molecule has 0 atom stereocenters. The van der Waals surface area contributed by atoms with E-state index in [0.29, 0.717) is 0 Å². The molecule has 0 aliphatic carbocycles. The number of rotatable bonds is 1. The average Bonchev–Trinajstić information content (AvgIpc) is 2.03. The Hall–Kier alpha value is -2.16. The van der Waals surface area contributed by atoms with Gasteiger partial charge in [-0.15, -0.1) is 4.98 Å². The van der Waals surface area contributed by atoms with Crippen molar-refractivity contribution < 1.29 is 4.92 Å². The van der Waals surface area contributed by atoms with Crippen LogP contribution in [0.1, 0.15) is 0 Å². The Kier molecular flexibility index (Phi) is 1.88. The maximum atomic E-state index is 10.2. The van der Waals surface area contributed by atoms with Gasteiger partial charge in [-0.1, -0.05) is 6.57 Å². The molecule has 1 aromatic heterocycles. The Morgan fingerprint density at radius 2 is 2.42 bits per heavy atom. The molecule has 12 heavy (non-hydrogen) atoms. The molecule has 0 unspecified atom stereocenters. The average molecular weight is 164 g/mol. The number of pyridine rings is 1. The molecule has 0 spiro atoms. The number of nitrogens with two attached hydrogens (primary N) is 1. The highest BCUT2D eigenvalue weighted by molar-refractivity contribution is 5.62. The molecule has 1 aromatic rings. The maximum absolute atomic E-state index is 10.2. The van der Waals surface area contributed by atoms with Gasteiger partial charge >= 0.3 is 5.69 Å². The fraction of sp³-hybridized carbons (Fsp3) is 0. The smallest absolute Gasteiger partial charge is 0.332 e. The lowest BCUT2D eigenvalue weighted by Crippen LogP contribution is -1.95. The number of aromatic nitrogens is 1. The summed E-state index contributed by atoms with van der Waals surface area (Å²) in [5.74, 6) is 0.0538. The van der Waals surface area contributed by atoms with Gasteiger partial charge in [0, 0.05) is 0 Å². The number of nitrogen functional groups attached to an aromatic ring is 1. The molecule has 0 radical (unpaired) electrons. The Labute approximate surface area is 67.6 Å². The van der Waals surface area contributed by atoms with Crippen molar-refractivity contribution in [3.8, 4) is 0 Å². The van der Waals surface area contributed by atoms with Gasteiger partial charge in [0.25, 0.3) is 5.82 Å². The lowest BCUT2D eigenvalue weighted by Gasteiger charge is -1.93. The summed E-state index contributed by atoms with van der Waals surface area (Å²) in [6.45, 7) is 6.56. The van der Waals surface area contributed by atoms with E-state index in [2.05, 4.69) is 9.83 Å². The maximum Gasteiger partial charge on any atom is 0.332 e. The zero-order valence-electron chi connectivity index (χ0n) is 5.89. The van der Waals surface area contributed by atoms with Gasteiger partial charge in [-0.2, -0.15) is 0 Å². The first-order chi connectivity index (χ1) is 5.65. The second-order valence-corrected chi connectivity index (χ2v) is 1.97. The number of nitro groups is 1.